The molecule has 0 radical (unpaired) electrons. The first-order chi connectivity index (χ1) is 6.86. The van der Waals surface area contributed by atoms with Crippen LogP contribution in [0, 0.1) is 0 Å². The highest BCUT2D eigenvalue weighted by Crippen LogP contribution is 2.10. The maximum Gasteiger partial charge on any atom is 0.222 e. The zero-order chi connectivity index (χ0) is 9.80. The van der Waals surface area contributed by atoms with Crippen LogP contribution in [0.5, 0.6) is 0 Å². The number of rotatable bonds is 2. The lowest BCUT2D eigenvalue weighted by Crippen LogP contribution is -2.47. The molecule has 14 heavy (non-hydrogen) atoms. The third-order valence-corrected chi connectivity index (χ3v) is 2.28. The number of hydrogen-bond donors (Lipinski definition) is 2. The Morgan fingerprint density at radius 3 is 2.93 bits per heavy atom. The maximum absolute atomic E-state index is 5.88. The molecule has 1 aliphatic heterocycles. The van der Waals surface area contributed by atoms with E-state index in [2.05, 4.69) is 15.3 Å². The molecule has 2 heterocycles. The van der Waals surface area contributed by atoms with Gasteiger partial charge in [0.25, 0.3) is 0 Å². The van der Waals surface area contributed by atoms with E-state index in [0.717, 1.165) is 13.0 Å². The molecule has 1 aromatic rings. The van der Waals surface area contributed by atoms with Gasteiger partial charge in [0.2, 0.25) is 5.95 Å². The summed E-state index contributed by atoms with van der Waals surface area (Å²) in [4.78, 5) is 8.18. The van der Waals surface area contributed by atoms with Crippen LogP contribution >= 0.6 is 0 Å². The number of anilines is 1. The van der Waals surface area contributed by atoms with Gasteiger partial charge in [0.15, 0.2) is 0 Å². The highest BCUT2D eigenvalue weighted by Gasteiger charge is 2.22. The van der Waals surface area contributed by atoms with Crippen LogP contribution in [0.2, 0.25) is 0 Å². The Bertz CT molecular complexity index is 279. The second-order valence-electron chi connectivity index (χ2n) is 3.35. The molecule has 76 valence electrons. The lowest BCUT2D eigenvalue weighted by atomic mass is 10.1. The SMILES string of the molecule is NC1COCCC1Nc1ncccn1. The fraction of sp³-hybridized carbons (Fsp3) is 0.556. The minimum atomic E-state index is 0.0209. The van der Waals surface area contributed by atoms with Crippen molar-refractivity contribution in [1.82, 2.24) is 9.97 Å². The molecule has 0 aromatic carbocycles. The first kappa shape index (κ1) is 9.36. The normalized spacial score (nSPS) is 27.2. The Balaban J connectivity index is 1.96. The minimum absolute atomic E-state index is 0.0209. The van der Waals surface area contributed by atoms with Crippen molar-refractivity contribution in [2.75, 3.05) is 18.5 Å². The van der Waals surface area contributed by atoms with Gasteiger partial charge >= 0.3 is 0 Å². The smallest absolute Gasteiger partial charge is 0.222 e. The Morgan fingerprint density at radius 2 is 2.21 bits per heavy atom. The van der Waals surface area contributed by atoms with Crippen LogP contribution in [0.1, 0.15) is 6.42 Å². The van der Waals surface area contributed by atoms with Gasteiger partial charge < -0.3 is 15.8 Å². The summed E-state index contributed by atoms with van der Waals surface area (Å²) in [5.41, 5.74) is 5.88. The molecule has 2 unspecified atom stereocenters. The second-order valence-corrected chi connectivity index (χ2v) is 3.35. The number of nitrogens with two attached hydrogens (primary N) is 1. The molecule has 0 spiro atoms. The van der Waals surface area contributed by atoms with Crippen LogP contribution in [0.4, 0.5) is 5.95 Å². The van der Waals surface area contributed by atoms with E-state index >= 15 is 0 Å². The van der Waals surface area contributed by atoms with Crippen LogP contribution in [0.25, 0.3) is 0 Å². The van der Waals surface area contributed by atoms with Gasteiger partial charge in [-0.25, -0.2) is 9.97 Å². The lowest BCUT2D eigenvalue weighted by Gasteiger charge is -2.29. The maximum atomic E-state index is 5.88. The van der Waals surface area contributed by atoms with Crippen molar-refractivity contribution in [1.29, 1.82) is 0 Å². The van der Waals surface area contributed by atoms with Crippen molar-refractivity contribution in [3.63, 3.8) is 0 Å². The van der Waals surface area contributed by atoms with Crippen LogP contribution in [0.3, 0.4) is 0 Å². The first-order valence-electron chi connectivity index (χ1n) is 4.73. The molecular formula is C9H14N4O. The van der Waals surface area contributed by atoms with Crippen LogP contribution in [-0.4, -0.2) is 35.3 Å². The molecule has 1 aromatic heterocycles. The minimum Gasteiger partial charge on any atom is -0.380 e. The monoisotopic (exact) mass is 194 g/mol. The zero-order valence-electron chi connectivity index (χ0n) is 7.89. The van der Waals surface area contributed by atoms with Crippen LogP contribution in [0.15, 0.2) is 18.5 Å². The molecule has 1 fully saturated rings. The van der Waals surface area contributed by atoms with Crippen molar-refractivity contribution in [2.45, 2.75) is 18.5 Å². The van der Waals surface area contributed by atoms with Crippen molar-refractivity contribution in [2.24, 2.45) is 5.73 Å². The summed E-state index contributed by atoms with van der Waals surface area (Å²) in [5, 5.41) is 3.20. The predicted octanol–water partition coefficient (Wildman–Crippen LogP) is 0.00470. The molecule has 0 bridgehead atoms. The van der Waals surface area contributed by atoms with E-state index < -0.39 is 0 Å². The molecule has 1 saturated heterocycles. The van der Waals surface area contributed by atoms with Crippen molar-refractivity contribution in [3.05, 3.63) is 18.5 Å². The quantitative estimate of drug-likeness (QED) is 0.693. The van der Waals surface area contributed by atoms with Gasteiger partial charge in [0.05, 0.1) is 6.61 Å². The second kappa shape index (κ2) is 4.34. The third-order valence-electron chi connectivity index (χ3n) is 2.28. The summed E-state index contributed by atoms with van der Waals surface area (Å²) in [5.74, 6) is 0.634. The molecule has 0 saturated carbocycles. The van der Waals surface area contributed by atoms with E-state index in [9.17, 15) is 0 Å². The van der Waals surface area contributed by atoms with Gasteiger partial charge in [0.1, 0.15) is 0 Å². The van der Waals surface area contributed by atoms with Crippen molar-refractivity contribution in [3.8, 4) is 0 Å². The summed E-state index contributed by atoms with van der Waals surface area (Å²) >= 11 is 0. The van der Waals surface area contributed by atoms with Crippen LogP contribution < -0.4 is 11.1 Å². The van der Waals surface area contributed by atoms with Crippen molar-refractivity contribution < 1.29 is 4.74 Å². The Kier molecular flexibility index (Phi) is 2.90. The topological polar surface area (TPSA) is 73.1 Å². The highest BCUT2D eigenvalue weighted by atomic mass is 16.5. The fourth-order valence-corrected chi connectivity index (χ4v) is 1.48. The van der Waals surface area contributed by atoms with Crippen molar-refractivity contribution >= 4 is 5.95 Å². The molecule has 2 atom stereocenters. The van der Waals surface area contributed by atoms with E-state index in [4.69, 9.17) is 10.5 Å². The number of hydrogen-bond acceptors (Lipinski definition) is 5. The lowest BCUT2D eigenvalue weighted by molar-refractivity contribution is 0.0751. The van der Waals surface area contributed by atoms with E-state index in [1.165, 1.54) is 0 Å². The first-order valence-corrected chi connectivity index (χ1v) is 4.73. The van der Waals surface area contributed by atoms with Gasteiger partial charge in [-0.15, -0.1) is 0 Å². The average molecular weight is 194 g/mol. The molecule has 0 amide bonds. The van der Waals surface area contributed by atoms with Gasteiger partial charge in [-0.3, -0.25) is 0 Å². The third kappa shape index (κ3) is 2.18. The van der Waals surface area contributed by atoms with E-state index in [1.54, 1.807) is 18.5 Å². The van der Waals surface area contributed by atoms with Gasteiger partial charge in [-0.2, -0.15) is 0 Å². The summed E-state index contributed by atoms with van der Waals surface area (Å²) < 4.78 is 5.24. The van der Waals surface area contributed by atoms with Crippen LogP contribution in [-0.2, 0) is 4.74 Å². The highest BCUT2D eigenvalue weighted by molar-refractivity contribution is 5.25. The molecule has 3 N–H and O–H groups in total. The predicted molar refractivity (Wildman–Crippen MR) is 52.9 cm³/mol. The number of ether oxygens (including phenoxy) is 1. The van der Waals surface area contributed by atoms with E-state index in [-0.39, 0.29) is 12.1 Å². The molecular weight excluding hydrogens is 180 g/mol. The largest absolute Gasteiger partial charge is 0.380 e. The Morgan fingerprint density at radius 1 is 1.43 bits per heavy atom. The summed E-state index contributed by atoms with van der Waals surface area (Å²) in [6, 6.07) is 2.02. The van der Waals surface area contributed by atoms with E-state index in [0.29, 0.717) is 12.6 Å². The standard InChI is InChI=1S/C9H14N4O/c10-7-6-14-5-2-8(7)13-9-11-3-1-4-12-9/h1,3-4,7-8H,2,5-6,10H2,(H,11,12,13). The number of aromatic nitrogens is 2. The molecule has 2 rings (SSSR count). The summed E-state index contributed by atoms with van der Waals surface area (Å²) in [6.45, 7) is 1.35. The van der Waals surface area contributed by atoms with Gasteiger partial charge in [0, 0.05) is 31.1 Å². The summed E-state index contributed by atoms with van der Waals surface area (Å²) in [6.07, 6.45) is 4.32. The number of nitrogens with zero attached hydrogens (tertiary/aromatic N) is 2. The zero-order valence-corrected chi connectivity index (χ0v) is 7.89. The van der Waals surface area contributed by atoms with Gasteiger partial charge in [-0.1, -0.05) is 0 Å². The molecule has 1 aliphatic rings. The average Bonchev–Trinajstić information content (AvgIpc) is 2.23. The molecule has 5 heteroatoms. The van der Waals surface area contributed by atoms with E-state index in [1.807, 2.05) is 0 Å². The van der Waals surface area contributed by atoms with Gasteiger partial charge in [-0.05, 0) is 12.5 Å². The number of nitrogens with one attached hydrogen (secondary N) is 1. The fourth-order valence-electron chi connectivity index (χ4n) is 1.48. The Hall–Kier alpha value is -1.20. The Labute approximate surface area is 82.7 Å². The molecule has 5 nitrogen and oxygen atoms in total. The molecule has 0 aliphatic carbocycles. The summed E-state index contributed by atoms with van der Waals surface area (Å²) in [7, 11) is 0.